The fourth-order valence-corrected chi connectivity index (χ4v) is 1.77. The molecule has 0 amide bonds. The van der Waals surface area contributed by atoms with E-state index in [2.05, 4.69) is 11.5 Å². The van der Waals surface area contributed by atoms with Gasteiger partial charge in [-0.1, -0.05) is 27.7 Å². The molecular formula is C3H10P2S2. The van der Waals surface area contributed by atoms with Crippen LogP contribution in [-0.4, -0.2) is 5.75 Å². The number of hydrogen-bond acceptors (Lipinski definition) is 2. The maximum absolute atomic E-state index is 2.16. The fourth-order valence-electron chi connectivity index (χ4n) is 0.196. The molecule has 0 spiro atoms. The topological polar surface area (TPSA) is 0 Å². The van der Waals surface area contributed by atoms with Crippen LogP contribution in [0.4, 0.5) is 0 Å². The minimum atomic E-state index is 0. The average Bonchev–Trinajstić information content (AvgIpc) is 1.76. The van der Waals surface area contributed by atoms with E-state index in [1.807, 2.05) is 21.6 Å². The van der Waals surface area contributed by atoms with E-state index in [-0.39, 0.29) is 19.8 Å². The molecule has 0 aromatic rings. The second-order valence-electron chi connectivity index (χ2n) is 0.753. The van der Waals surface area contributed by atoms with Crippen molar-refractivity contribution in [2.24, 2.45) is 0 Å². The minimum Gasteiger partial charge on any atom is -0.153 e. The van der Waals surface area contributed by atoms with E-state index in [0.29, 0.717) is 0 Å². The lowest BCUT2D eigenvalue weighted by molar-refractivity contribution is 1.85. The van der Waals surface area contributed by atoms with Crippen LogP contribution in [0, 0.1) is 0 Å². The third-order valence-electron chi connectivity index (χ3n) is 0.384. The lowest BCUT2D eigenvalue weighted by Crippen LogP contribution is -1.46. The summed E-state index contributed by atoms with van der Waals surface area (Å²) in [5, 5.41) is 2.12. The van der Waals surface area contributed by atoms with Gasteiger partial charge in [0.1, 0.15) is 0 Å². The third-order valence-corrected chi connectivity index (χ3v) is 2.30. The number of rotatable bonds is 0. The zero-order chi connectivity index (χ0) is 3.54. The van der Waals surface area contributed by atoms with Crippen LogP contribution in [0.2, 0.25) is 0 Å². The summed E-state index contributed by atoms with van der Waals surface area (Å²) in [4.78, 5) is 0. The molecule has 0 nitrogen and oxygen atoms in total. The van der Waals surface area contributed by atoms with Gasteiger partial charge in [0.15, 0.2) is 0 Å². The van der Waals surface area contributed by atoms with Crippen LogP contribution >= 0.6 is 41.4 Å². The zero-order valence-electron chi connectivity index (χ0n) is 4.09. The fraction of sp³-hybridized carbons (Fsp3) is 0.333. The molecule has 0 fully saturated rings. The van der Waals surface area contributed by atoms with Gasteiger partial charge >= 0.3 is 0 Å². The molecule has 0 radical (unpaired) electrons. The van der Waals surface area contributed by atoms with E-state index in [9.17, 15) is 0 Å². The molecule has 0 bridgehead atoms. The van der Waals surface area contributed by atoms with Gasteiger partial charge in [0.05, 0.1) is 0 Å². The first-order chi connectivity index (χ1) is 2.50. The molecule has 0 N–H and O–H groups in total. The lowest BCUT2D eigenvalue weighted by Gasteiger charge is -1.69. The van der Waals surface area contributed by atoms with Gasteiger partial charge in [0, 0.05) is 5.75 Å². The smallest absolute Gasteiger partial charge is 0.0229 e. The molecule has 2 atom stereocenters. The summed E-state index contributed by atoms with van der Waals surface area (Å²) >= 11 is 0. The molecule has 0 aromatic heterocycles. The van der Waals surface area contributed by atoms with Crippen molar-refractivity contribution in [3.63, 3.8) is 0 Å². The summed E-state index contributed by atoms with van der Waals surface area (Å²) in [7, 11) is 3.69. The van der Waals surface area contributed by atoms with E-state index >= 15 is 0 Å². The Morgan fingerprint density at radius 1 is 1.29 bits per heavy atom. The largest absolute Gasteiger partial charge is 0.153 e. The van der Waals surface area contributed by atoms with Crippen molar-refractivity contribution in [1.29, 1.82) is 0 Å². The molecule has 7 heavy (non-hydrogen) atoms. The normalized spacial score (nSPS) is 14.9. The summed E-state index contributed by atoms with van der Waals surface area (Å²) in [5.74, 6) is 1.20. The predicted octanol–water partition coefficient (Wildman–Crippen LogP) is 2.01. The number of hydrogen-bond donors (Lipinski definition) is 0. The van der Waals surface area contributed by atoms with Crippen molar-refractivity contribution in [2.75, 3.05) is 5.75 Å². The predicted molar refractivity (Wildman–Crippen MR) is 51.4 cm³/mol. The van der Waals surface area contributed by atoms with E-state index in [0.717, 1.165) is 0 Å². The highest BCUT2D eigenvalue weighted by molar-refractivity contribution is 8.78. The van der Waals surface area contributed by atoms with E-state index in [1.54, 1.807) is 0 Å². The zero-order valence-corrected chi connectivity index (χ0v) is 8.55. The minimum absolute atomic E-state index is 0. The Bertz CT molecular complexity index is 48.9. The summed E-state index contributed by atoms with van der Waals surface area (Å²) in [6, 6.07) is 0. The van der Waals surface area contributed by atoms with Crippen molar-refractivity contribution in [1.82, 2.24) is 0 Å². The third kappa shape index (κ3) is 5.17. The molecule has 1 rings (SSSR count). The van der Waals surface area contributed by atoms with Crippen LogP contribution in [0.25, 0.3) is 0 Å². The van der Waals surface area contributed by atoms with Gasteiger partial charge in [-0.3, -0.25) is 0 Å². The first kappa shape index (κ1) is 11.1. The van der Waals surface area contributed by atoms with Gasteiger partial charge in [-0.25, -0.2) is 0 Å². The van der Waals surface area contributed by atoms with Gasteiger partial charge in [-0.2, -0.15) is 19.8 Å². The maximum atomic E-state index is 2.16. The molecule has 4 heteroatoms. The lowest BCUT2D eigenvalue weighted by atomic mass is 10.8. The van der Waals surface area contributed by atoms with Gasteiger partial charge in [-0.05, 0) is 5.41 Å². The van der Waals surface area contributed by atoms with Gasteiger partial charge in [-0.15, -0.1) is 0 Å². The average molecular weight is 172 g/mol. The maximum Gasteiger partial charge on any atom is 0.0229 e. The highest BCUT2D eigenvalue weighted by atomic mass is 33.1. The molecule has 1 heterocycles. The quantitative estimate of drug-likeness (QED) is 0.405. The van der Waals surface area contributed by atoms with Crippen LogP contribution < -0.4 is 0 Å². The molecule has 0 saturated heterocycles. The summed E-state index contributed by atoms with van der Waals surface area (Å²) < 4.78 is 0. The van der Waals surface area contributed by atoms with Gasteiger partial charge in [0.2, 0.25) is 0 Å². The van der Waals surface area contributed by atoms with E-state index < -0.39 is 0 Å². The van der Waals surface area contributed by atoms with Crippen LogP contribution in [0.3, 0.4) is 0 Å². The van der Waals surface area contributed by atoms with Crippen LogP contribution in [0.15, 0.2) is 11.5 Å². The summed E-state index contributed by atoms with van der Waals surface area (Å²) in [5.41, 5.74) is 0. The van der Waals surface area contributed by atoms with E-state index in [1.165, 1.54) is 5.75 Å². The van der Waals surface area contributed by atoms with Gasteiger partial charge in [0.25, 0.3) is 0 Å². The standard InChI is InChI=1S/C3H4S2.2H3P/c1-2-4-5-3-1;;/h1-2H,3H2;2*1H3. The van der Waals surface area contributed by atoms with Crippen molar-refractivity contribution >= 4 is 41.4 Å². The van der Waals surface area contributed by atoms with Crippen LogP contribution in [0.1, 0.15) is 0 Å². The molecule has 1 aliphatic heterocycles. The first-order valence-electron chi connectivity index (χ1n) is 1.43. The highest BCUT2D eigenvalue weighted by Gasteiger charge is 1.85. The molecule has 2 unspecified atom stereocenters. The molecule has 1 aliphatic rings. The highest BCUT2D eigenvalue weighted by Crippen LogP contribution is 2.27. The van der Waals surface area contributed by atoms with E-state index in [4.69, 9.17) is 0 Å². The molecule has 0 aromatic carbocycles. The van der Waals surface area contributed by atoms with Crippen molar-refractivity contribution < 1.29 is 0 Å². The van der Waals surface area contributed by atoms with Crippen molar-refractivity contribution in [3.05, 3.63) is 11.5 Å². The Balaban J connectivity index is 0. The molecule has 0 saturated carbocycles. The molecular weight excluding hydrogens is 162 g/mol. The summed E-state index contributed by atoms with van der Waals surface area (Å²) in [6.45, 7) is 0. The molecule has 0 aliphatic carbocycles. The Labute approximate surface area is 58.9 Å². The Morgan fingerprint density at radius 2 is 2.00 bits per heavy atom. The SMILES string of the molecule is C1=CSSC1.P.P. The Morgan fingerprint density at radius 3 is 2.14 bits per heavy atom. The van der Waals surface area contributed by atoms with Crippen molar-refractivity contribution in [2.45, 2.75) is 0 Å². The second kappa shape index (κ2) is 7.30. The van der Waals surface area contributed by atoms with Gasteiger partial charge < -0.3 is 0 Å². The molecule has 44 valence electrons. The Kier molecular flexibility index (Phi) is 11.6. The second-order valence-corrected chi connectivity index (χ2v) is 3.07. The Hall–Kier alpha value is 1.30. The van der Waals surface area contributed by atoms with Crippen LogP contribution in [-0.2, 0) is 0 Å². The first-order valence-corrected chi connectivity index (χ1v) is 3.81. The summed E-state index contributed by atoms with van der Waals surface area (Å²) in [6.07, 6.45) is 2.16. The monoisotopic (exact) mass is 172 g/mol. The van der Waals surface area contributed by atoms with Crippen LogP contribution in [0.5, 0.6) is 0 Å². The van der Waals surface area contributed by atoms with Crippen molar-refractivity contribution in [3.8, 4) is 0 Å².